The van der Waals surface area contributed by atoms with Gasteiger partial charge in [-0.15, -0.1) is 0 Å². The van der Waals surface area contributed by atoms with Crippen LogP contribution in [0.15, 0.2) is 54.6 Å². The van der Waals surface area contributed by atoms with Crippen molar-refractivity contribution in [1.82, 2.24) is 9.97 Å². The van der Waals surface area contributed by atoms with E-state index in [2.05, 4.69) is 71.9 Å². The maximum absolute atomic E-state index is 13.6. The summed E-state index contributed by atoms with van der Waals surface area (Å²) < 4.78 is 13.6. The lowest BCUT2D eigenvalue weighted by molar-refractivity contribution is 0.396. The quantitative estimate of drug-likeness (QED) is 0.357. The van der Waals surface area contributed by atoms with Crippen molar-refractivity contribution in [2.75, 3.05) is 0 Å². The van der Waals surface area contributed by atoms with Crippen molar-refractivity contribution in [1.29, 1.82) is 0 Å². The van der Waals surface area contributed by atoms with Crippen molar-refractivity contribution in [2.24, 2.45) is 5.41 Å². The molecule has 0 aliphatic carbocycles. The fraction of sp³-hybridized carbons (Fsp3) is 0.379. The maximum Gasteiger partial charge on any atom is 0.160 e. The number of allylic oxidation sites excluding steroid dienone is 2. The van der Waals surface area contributed by atoms with E-state index in [-0.39, 0.29) is 11.2 Å². The minimum absolute atomic E-state index is 0.127. The van der Waals surface area contributed by atoms with Crippen LogP contribution in [0.4, 0.5) is 4.39 Å². The molecule has 0 unspecified atom stereocenters. The van der Waals surface area contributed by atoms with E-state index in [0.29, 0.717) is 5.82 Å². The van der Waals surface area contributed by atoms with Crippen molar-refractivity contribution in [3.63, 3.8) is 0 Å². The summed E-state index contributed by atoms with van der Waals surface area (Å²) in [6.07, 6.45) is 6.60. The van der Waals surface area contributed by atoms with Gasteiger partial charge in [0.05, 0.1) is 11.4 Å². The number of hydrogen-bond acceptors (Lipinski definition) is 2. The Hall–Kier alpha value is -2.81. The predicted octanol–water partition coefficient (Wildman–Crippen LogP) is 8.58. The molecular weight excluding hydrogens is 395 g/mol. The third kappa shape index (κ3) is 5.32. The lowest BCUT2D eigenvalue weighted by Crippen LogP contribution is -2.12. The zero-order chi connectivity index (χ0) is 23.3. The summed E-state index contributed by atoms with van der Waals surface area (Å²) in [5.74, 6) is 0.381. The Balaban J connectivity index is 2.28. The second-order valence-corrected chi connectivity index (χ2v) is 9.02. The van der Waals surface area contributed by atoms with Crippen LogP contribution in [0.3, 0.4) is 0 Å². The summed E-state index contributed by atoms with van der Waals surface area (Å²) in [7, 11) is 0. The van der Waals surface area contributed by atoms with Gasteiger partial charge in [0.15, 0.2) is 5.82 Å². The van der Waals surface area contributed by atoms with Crippen LogP contribution in [0.25, 0.3) is 28.2 Å². The number of aromatic nitrogens is 2. The van der Waals surface area contributed by atoms with Gasteiger partial charge in [-0.1, -0.05) is 70.0 Å². The van der Waals surface area contributed by atoms with Crippen molar-refractivity contribution < 1.29 is 4.39 Å². The van der Waals surface area contributed by atoms with Crippen LogP contribution in [0, 0.1) is 25.1 Å². The lowest BCUT2D eigenvalue weighted by atomic mass is 9.81. The number of aryl methyl sites for hydroxylation is 1. The minimum Gasteiger partial charge on any atom is -0.228 e. The molecule has 0 fully saturated rings. The smallest absolute Gasteiger partial charge is 0.160 e. The highest BCUT2D eigenvalue weighted by molar-refractivity contribution is 5.76. The van der Waals surface area contributed by atoms with Gasteiger partial charge in [-0.3, -0.25) is 0 Å². The molecule has 0 bridgehead atoms. The summed E-state index contributed by atoms with van der Waals surface area (Å²) in [5, 5.41) is 0. The van der Waals surface area contributed by atoms with Gasteiger partial charge in [-0.25, -0.2) is 14.4 Å². The number of halogens is 1. The highest BCUT2D eigenvalue weighted by Gasteiger charge is 2.22. The fourth-order valence-corrected chi connectivity index (χ4v) is 3.95. The van der Waals surface area contributed by atoms with Crippen LogP contribution >= 0.6 is 0 Å². The molecule has 0 saturated carbocycles. The van der Waals surface area contributed by atoms with Crippen molar-refractivity contribution in [2.45, 2.75) is 67.2 Å². The highest BCUT2D eigenvalue weighted by atomic mass is 19.1. The molecule has 0 aliphatic heterocycles. The molecule has 0 amide bonds. The largest absolute Gasteiger partial charge is 0.228 e. The van der Waals surface area contributed by atoms with E-state index in [9.17, 15) is 4.39 Å². The molecule has 0 N–H and O–H groups in total. The van der Waals surface area contributed by atoms with Gasteiger partial charge in [0.1, 0.15) is 5.82 Å². The van der Waals surface area contributed by atoms with Gasteiger partial charge in [0.25, 0.3) is 0 Å². The van der Waals surface area contributed by atoms with Crippen LogP contribution in [0.1, 0.15) is 70.2 Å². The molecule has 1 aromatic heterocycles. The van der Waals surface area contributed by atoms with Gasteiger partial charge in [0, 0.05) is 16.7 Å². The lowest BCUT2D eigenvalue weighted by Gasteiger charge is -2.25. The normalized spacial score (nSPS) is 12.3. The molecule has 0 aliphatic rings. The third-order valence-electron chi connectivity index (χ3n) is 6.53. The van der Waals surface area contributed by atoms with E-state index in [0.717, 1.165) is 53.8 Å². The second kappa shape index (κ2) is 10.2. The number of nitrogens with zero attached hydrogens (tertiary/aromatic N) is 2. The predicted molar refractivity (Wildman–Crippen MR) is 134 cm³/mol. The number of hydrogen-bond donors (Lipinski definition) is 0. The molecule has 3 rings (SSSR count). The Morgan fingerprint density at radius 1 is 0.875 bits per heavy atom. The SMILES string of the molecule is CCC/C(=C/C(C)(CC)CC)c1nc(-c2ccc(F)cc2)nc(-c2ccc(C)cc2)c1C. The van der Waals surface area contributed by atoms with Gasteiger partial charge < -0.3 is 0 Å². The van der Waals surface area contributed by atoms with E-state index in [1.165, 1.54) is 23.3 Å². The summed E-state index contributed by atoms with van der Waals surface area (Å²) in [5.41, 5.74) is 7.55. The van der Waals surface area contributed by atoms with Crippen molar-refractivity contribution in [3.05, 3.63) is 77.2 Å². The van der Waals surface area contributed by atoms with E-state index in [1.807, 2.05) is 0 Å². The Kier molecular flexibility index (Phi) is 7.60. The molecule has 3 aromatic rings. The molecule has 0 atom stereocenters. The zero-order valence-corrected chi connectivity index (χ0v) is 20.3. The van der Waals surface area contributed by atoms with E-state index < -0.39 is 0 Å². The standard InChI is InChI=1S/C29H35FN2/c1-7-10-24(19-29(6,8-2)9-3)27-21(5)26(22-13-11-20(4)12-14-22)31-28(32-27)23-15-17-25(30)18-16-23/h11-19H,7-10H2,1-6H3/b24-19-. The average Bonchev–Trinajstić information content (AvgIpc) is 2.80. The monoisotopic (exact) mass is 430 g/mol. The summed E-state index contributed by atoms with van der Waals surface area (Å²) >= 11 is 0. The Morgan fingerprint density at radius 3 is 2.03 bits per heavy atom. The second-order valence-electron chi connectivity index (χ2n) is 9.02. The molecule has 0 saturated heterocycles. The van der Waals surface area contributed by atoms with Crippen LogP contribution < -0.4 is 0 Å². The molecule has 32 heavy (non-hydrogen) atoms. The fourth-order valence-electron chi connectivity index (χ4n) is 3.95. The Labute approximate surface area is 192 Å². The van der Waals surface area contributed by atoms with Gasteiger partial charge >= 0.3 is 0 Å². The summed E-state index contributed by atoms with van der Waals surface area (Å²) in [6, 6.07) is 14.9. The zero-order valence-electron chi connectivity index (χ0n) is 20.3. The molecule has 3 heteroatoms. The van der Waals surface area contributed by atoms with Crippen LogP contribution in [0.5, 0.6) is 0 Å². The van der Waals surface area contributed by atoms with Crippen LogP contribution in [-0.4, -0.2) is 9.97 Å². The molecule has 1 heterocycles. The van der Waals surface area contributed by atoms with Gasteiger partial charge in [-0.2, -0.15) is 0 Å². The molecule has 0 radical (unpaired) electrons. The number of rotatable bonds is 8. The minimum atomic E-state index is -0.256. The average molecular weight is 431 g/mol. The van der Waals surface area contributed by atoms with E-state index >= 15 is 0 Å². The maximum atomic E-state index is 13.6. The first-order valence-corrected chi connectivity index (χ1v) is 11.7. The molecule has 168 valence electrons. The molecule has 0 spiro atoms. The van der Waals surface area contributed by atoms with E-state index in [4.69, 9.17) is 9.97 Å². The Bertz CT molecular complexity index is 1080. The molecule has 2 aromatic carbocycles. The first kappa shape index (κ1) is 23.8. The Morgan fingerprint density at radius 2 is 1.47 bits per heavy atom. The van der Waals surface area contributed by atoms with E-state index in [1.54, 1.807) is 12.1 Å². The molecular formula is C29H35FN2. The van der Waals surface area contributed by atoms with Gasteiger partial charge in [-0.05, 0) is 68.4 Å². The number of benzene rings is 2. The topological polar surface area (TPSA) is 25.8 Å². The van der Waals surface area contributed by atoms with Crippen molar-refractivity contribution >= 4 is 5.57 Å². The van der Waals surface area contributed by atoms with Crippen LogP contribution in [-0.2, 0) is 0 Å². The first-order chi connectivity index (χ1) is 15.3. The third-order valence-corrected chi connectivity index (χ3v) is 6.53. The summed E-state index contributed by atoms with van der Waals surface area (Å²) in [6.45, 7) is 13.2. The molecule has 2 nitrogen and oxygen atoms in total. The van der Waals surface area contributed by atoms with Gasteiger partial charge in [0.2, 0.25) is 0 Å². The highest BCUT2D eigenvalue weighted by Crippen LogP contribution is 2.36. The van der Waals surface area contributed by atoms with Crippen LogP contribution in [0.2, 0.25) is 0 Å². The van der Waals surface area contributed by atoms with Crippen molar-refractivity contribution in [3.8, 4) is 22.6 Å². The summed E-state index contributed by atoms with van der Waals surface area (Å²) in [4.78, 5) is 10.00. The first-order valence-electron chi connectivity index (χ1n) is 11.7.